The highest BCUT2D eigenvalue weighted by molar-refractivity contribution is 9.10. The van der Waals surface area contributed by atoms with Gasteiger partial charge in [0.05, 0.1) is 90.3 Å². The molecule has 0 aliphatic heterocycles. The molecule has 0 saturated carbocycles. The maximum atomic E-state index is 14.1. The van der Waals surface area contributed by atoms with Gasteiger partial charge in [0.25, 0.3) is 45.9 Å². The fourth-order valence-corrected chi connectivity index (χ4v) is 16.3. The molecule has 0 aliphatic carbocycles. The maximum absolute atomic E-state index is 14.1. The van der Waals surface area contributed by atoms with Crippen molar-refractivity contribution < 1.29 is 19.2 Å². The van der Waals surface area contributed by atoms with E-state index in [1.165, 1.54) is 18.6 Å². The van der Waals surface area contributed by atoms with Crippen molar-refractivity contribution in [3.8, 4) is 45.1 Å². The molecule has 0 spiro atoms. The third kappa shape index (κ3) is 19.9. The molecule has 131 heavy (non-hydrogen) atoms. The van der Waals surface area contributed by atoms with Crippen LogP contribution in [-0.2, 0) is 0 Å². The van der Waals surface area contributed by atoms with Crippen LogP contribution in [-0.4, -0.2) is 92.0 Å². The summed E-state index contributed by atoms with van der Waals surface area (Å²) >= 11 is 15.9. The number of carbonyl (C=O) groups is 4. The smallest absolute Gasteiger partial charge is 0.272 e. The molecule has 0 saturated heterocycles. The van der Waals surface area contributed by atoms with Crippen molar-refractivity contribution in [3.63, 3.8) is 0 Å². The van der Waals surface area contributed by atoms with Gasteiger partial charge in [-0.1, -0.05) is 170 Å². The van der Waals surface area contributed by atoms with Gasteiger partial charge in [0.15, 0.2) is 5.69 Å². The number of nitrogens with zero attached hydrogens (tertiary/aromatic N) is 13. The molecule has 18 aromatic rings. The quantitative estimate of drug-likeness (QED) is 0.0533. The number of hydrogen-bond donors (Lipinski definition) is 5. The molecule has 29 heteroatoms. The largest absolute Gasteiger partial charge is 0.344 e. The summed E-state index contributed by atoms with van der Waals surface area (Å²) in [5.41, 5.74) is 11.3. The van der Waals surface area contributed by atoms with Gasteiger partial charge in [0.2, 0.25) is 0 Å². The number of benzene rings is 8. The highest BCUT2D eigenvalue weighted by Gasteiger charge is 2.28. The van der Waals surface area contributed by atoms with Crippen LogP contribution in [0, 0.1) is 27.7 Å². The lowest BCUT2D eigenvalue weighted by Crippen LogP contribution is -2.33. The highest BCUT2D eigenvalue weighted by atomic mass is 79.9. The van der Waals surface area contributed by atoms with E-state index in [1.807, 2.05) is 246 Å². The van der Waals surface area contributed by atoms with Gasteiger partial charge in [-0.15, -0.1) is 0 Å². The molecule has 10 aromatic heterocycles. The molecule has 26 nitrogen and oxygen atoms in total. The number of pyridine rings is 6. The number of amides is 4. The minimum atomic E-state index is -0.496. The predicted octanol–water partition coefficient (Wildman–Crippen LogP) is 19.1. The lowest BCUT2D eigenvalue weighted by molar-refractivity contribution is 0.0924. The second kappa shape index (κ2) is 40.9. The average molecular weight is 1840 g/mol. The number of rotatable bonds is 18. The second-order valence-electron chi connectivity index (χ2n) is 30.4. The van der Waals surface area contributed by atoms with Gasteiger partial charge < -0.3 is 21.3 Å². The van der Waals surface area contributed by atoms with Crippen LogP contribution in [0.5, 0.6) is 0 Å². The third-order valence-corrected chi connectivity index (χ3v) is 22.8. The summed E-state index contributed by atoms with van der Waals surface area (Å²) in [5, 5.41) is 24.7. The molecule has 0 fully saturated rings. The summed E-state index contributed by atoms with van der Waals surface area (Å²) in [5.74, 6) is -1.32. The molecule has 0 radical (unpaired) electrons. The van der Waals surface area contributed by atoms with E-state index in [0.717, 1.165) is 38.5 Å². The Morgan fingerprint density at radius 2 is 0.710 bits per heavy atom. The minimum absolute atomic E-state index is 0. The van der Waals surface area contributed by atoms with Crippen LogP contribution in [0.15, 0.2) is 328 Å². The van der Waals surface area contributed by atoms with E-state index in [2.05, 4.69) is 87.3 Å². The number of carbonyl (C=O) groups excluding carboxylic acids is 4. The van der Waals surface area contributed by atoms with Gasteiger partial charge >= 0.3 is 0 Å². The molecule has 0 unspecified atom stereocenters. The monoisotopic (exact) mass is 1840 g/mol. The zero-order chi connectivity index (χ0) is 91.4. The van der Waals surface area contributed by atoms with Crippen LogP contribution in [0.25, 0.3) is 88.2 Å². The zero-order valence-corrected chi connectivity index (χ0v) is 74.5. The standard InChI is InChI=1S/C28H23N5O2.C26H22N6O2.C24H20ClN3O2.C23H18BrClN4O2.CH4/c1-18(32-27(34)26-19(2)30-14-15-31-26)24-16-20-8-6-12-23(21-9-7-13-29-17-21)25(20)28(35)33(24)22-10-4-3-5-11-22;1-16(30-25(33)24-17(2)27-13-14-28-24)22-15-18-7-6-10-20(21-11-12-29-31-21)23(18)26(34)32(22)19-8-4-3-5-9-19;1-15-19(11-7-13-26-15)23(29)27-16(2)21-14-17-8-6-12-20(25)22(17)24(30)28(21)18-9-4-3-5-10-18;1-13(27-22(30)21-14(2)26-12-19(24)28-21)18-11-15-7-6-10-17(25)20(15)23(31)29(18)16-8-4-3-5-9-16;/h3-18H,1-2H3,(H,32,34);3-16H,1-2H3,(H,29,31)(H,30,33);3-14,16H,1-2H3,(H,27,29);3-13H,1-2H3,(H,27,30);1H4/t18-;2*16-;13-;/m0000./s1. The van der Waals surface area contributed by atoms with Crippen molar-refractivity contribution in [2.24, 2.45) is 0 Å². The van der Waals surface area contributed by atoms with Crippen molar-refractivity contribution in [2.75, 3.05) is 0 Å². The lowest BCUT2D eigenvalue weighted by Gasteiger charge is -2.21. The van der Waals surface area contributed by atoms with E-state index in [-0.39, 0.29) is 70.4 Å². The van der Waals surface area contributed by atoms with Crippen molar-refractivity contribution in [1.29, 1.82) is 0 Å². The Hall–Kier alpha value is -15.7. The second-order valence-corrected chi connectivity index (χ2v) is 32.0. The topological polar surface area (TPSA) is 336 Å². The molecule has 0 aliphatic rings. The minimum Gasteiger partial charge on any atom is -0.344 e. The summed E-state index contributed by atoms with van der Waals surface area (Å²) in [4.78, 5) is 140. The van der Waals surface area contributed by atoms with E-state index in [1.54, 1.807) is 113 Å². The number of hydrogen-bond acceptors (Lipinski definition) is 17. The number of halogens is 3. The third-order valence-electron chi connectivity index (χ3n) is 21.8. The molecule has 5 N–H and O–H groups in total. The number of aromatic nitrogens is 14. The number of para-hydroxylation sites is 4. The van der Waals surface area contributed by atoms with E-state index in [4.69, 9.17) is 23.2 Å². The van der Waals surface area contributed by atoms with E-state index in [0.29, 0.717) is 115 Å². The Balaban J connectivity index is 0.000000141. The van der Waals surface area contributed by atoms with E-state index < -0.39 is 24.2 Å². The Kier molecular flexibility index (Phi) is 28.6. The highest BCUT2D eigenvalue weighted by Crippen LogP contribution is 2.34. The number of H-pyrrole nitrogens is 1. The van der Waals surface area contributed by atoms with Crippen molar-refractivity contribution in [3.05, 3.63) is 429 Å². The fraction of sp³-hybridized carbons (Fsp3) is 0.127. The van der Waals surface area contributed by atoms with Crippen LogP contribution in [0.3, 0.4) is 0 Å². The lowest BCUT2D eigenvalue weighted by atomic mass is 9.99. The van der Waals surface area contributed by atoms with Crippen LogP contribution in [0.2, 0.25) is 10.0 Å². The van der Waals surface area contributed by atoms with Crippen LogP contribution < -0.4 is 43.5 Å². The molecule has 10 heterocycles. The van der Waals surface area contributed by atoms with Gasteiger partial charge in [-0.3, -0.25) is 86.6 Å². The molecular formula is C102H87BrCl2N18O8. The summed E-state index contributed by atoms with van der Waals surface area (Å²) in [6, 6.07) is 74.4. The average Bonchev–Trinajstić information content (AvgIpc) is 1.74. The van der Waals surface area contributed by atoms with Crippen LogP contribution in [0.1, 0.15) is 147 Å². The molecule has 18 rings (SSSR count). The number of fused-ring (bicyclic) bond motifs is 4. The van der Waals surface area contributed by atoms with Crippen molar-refractivity contribution >= 4 is 106 Å². The molecule has 4 atom stereocenters. The van der Waals surface area contributed by atoms with Crippen molar-refractivity contribution in [2.45, 2.75) is 87.0 Å². The zero-order valence-electron chi connectivity index (χ0n) is 71.4. The first-order valence-electron chi connectivity index (χ1n) is 41.3. The normalized spacial score (nSPS) is 11.8. The van der Waals surface area contributed by atoms with Gasteiger partial charge in [0, 0.05) is 112 Å². The van der Waals surface area contributed by atoms with Crippen LogP contribution >= 0.6 is 39.1 Å². The predicted molar refractivity (Wildman–Crippen MR) is 516 cm³/mol. The summed E-state index contributed by atoms with van der Waals surface area (Å²) in [7, 11) is 0. The Labute approximate surface area is 770 Å². The summed E-state index contributed by atoms with van der Waals surface area (Å²) < 4.78 is 6.97. The van der Waals surface area contributed by atoms with Crippen molar-refractivity contribution in [1.82, 2.24) is 89.6 Å². The molecule has 0 bridgehead atoms. The SMILES string of the molecule is C.Cc1ncc(Br)nc1C(=O)N[C@@H](C)c1cc2cccc(Cl)c2c(=O)n1-c1ccccc1.Cc1ncccc1C(=O)N[C@@H](C)c1cc2cccc(Cl)c2c(=O)n1-c1ccccc1.Cc1nccnc1C(=O)N[C@@H](C)c1cc2cccc(-c3cccnc3)c2c(=O)n1-c1ccccc1.Cc1nccnc1C(=O)N[C@@H](C)c1cc2cccc(-c3ccn[nH]3)c2c(=O)n1-c1ccccc1. The van der Waals surface area contributed by atoms with Crippen LogP contribution in [0.4, 0.5) is 0 Å². The van der Waals surface area contributed by atoms with E-state index in [9.17, 15) is 38.4 Å². The Bertz CT molecular complexity index is 7560. The van der Waals surface area contributed by atoms with Gasteiger partial charge in [-0.2, -0.15) is 5.10 Å². The summed E-state index contributed by atoms with van der Waals surface area (Å²) in [6.45, 7) is 14.4. The molecule has 654 valence electrons. The first kappa shape index (κ1) is 91.5. The first-order valence-corrected chi connectivity index (χ1v) is 42.8. The molecule has 8 aromatic carbocycles. The van der Waals surface area contributed by atoms with Gasteiger partial charge in [-0.25, -0.2) is 15.0 Å². The fourth-order valence-electron chi connectivity index (χ4n) is 15.5. The number of aryl methyl sites for hydroxylation is 4. The first-order chi connectivity index (χ1) is 62.9. The molecule has 4 amide bonds. The van der Waals surface area contributed by atoms with E-state index >= 15 is 0 Å². The number of nitrogens with one attached hydrogen (secondary N) is 5. The Morgan fingerprint density at radius 3 is 1.11 bits per heavy atom. The number of aromatic amines is 1. The van der Waals surface area contributed by atoms with Gasteiger partial charge in [-0.05, 0) is 208 Å². The van der Waals surface area contributed by atoms with Gasteiger partial charge in [0.1, 0.15) is 16.0 Å². The molecular weight excluding hydrogens is 1760 g/mol. The Morgan fingerprint density at radius 1 is 0.351 bits per heavy atom. The summed E-state index contributed by atoms with van der Waals surface area (Å²) in [6.07, 6.45) is 14.4. The maximum Gasteiger partial charge on any atom is 0.272 e.